The molecule has 1 fully saturated rings. The molecule has 2 rings (SSSR count). The molecule has 0 amide bonds. The summed E-state index contributed by atoms with van der Waals surface area (Å²) in [6.07, 6.45) is 0. The minimum Gasteiger partial charge on any atom is -0.378 e. The Bertz CT molecular complexity index is 555. The first-order chi connectivity index (χ1) is 9.48. The third-order valence-electron chi connectivity index (χ3n) is 3.38. The number of sulfonamides is 1. The summed E-state index contributed by atoms with van der Waals surface area (Å²) >= 11 is 0. The fourth-order valence-electron chi connectivity index (χ4n) is 2.36. The molecule has 0 radical (unpaired) electrons. The number of aromatic amines is 1. The third-order valence-corrected chi connectivity index (χ3v) is 5.59. The van der Waals surface area contributed by atoms with Crippen molar-refractivity contribution in [1.29, 1.82) is 0 Å². The number of rotatable bonds is 5. The Hall–Kier alpha value is -0.960. The van der Waals surface area contributed by atoms with Crippen molar-refractivity contribution in [1.82, 2.24) is 19.8 Å². The zero-order valence-electron chi connectivity index (χ0n) is 12.1. The summed E-state index contributed by atoms with van der Waals surface area (Å²) in [6, 6.07) is -0.157. The molecule has 7 nitrogen and oxygen atoms in total. The Kier molecular flexibility index (Phi) is 4.79. The lowest BCUT2D eigenvalue weighted by molar-refractivity contribution is 0.0392. The van der Waals surface area contributed by atoms with Gasteiger partial charge in [-0.2, -0.15) is 9.40 Å². The SMILES string of the molecule is CCNCc1n[nH]c(C)c1S(=O)(=O)N1CCOCC1C. The van der Waals surface area contributed by atoms with Gasteiger partial charge in [0.25, 0.3) is 0 Å². The van der Waals surface area contributed by atoms with E-state index in [1.54, 1.807) is 6.92 Å². The zero-order chi connectivity index (χ0) is 14.8. The van der Waals surface area contributed by atoms with Crippen LogP contribution in [-0.2, 0) is 21.3 Å². The van der Waals surface area contributed by atoms with E-state index in [1.165, 1.54) is 4.31 Å². The van der Waals surface area contributed by atoms with Gasteiger partial charge in [-0.25, -0.2) is 8.42 Å². The van der Waals surface area contributed by atoms with Crippen molar-refractivity contribution in [3.8, 4) is 0 Å². The van der Waals surface area contributed by atoms with Gasteiger partial charge in [0.1, 0.15) is 4.90 Å². The van der Waals surface area contributed by atoms with E-state index in [-0.39, 0.29) is 6.04 Å². The van der Waals surface area contributed by atoms with Gasteiger partial charge >= 0.3 is 0 Å². The van der Waals surface area contributed by atoms with E-state index < -0.39 is 10.0 Å². The van der Waals surface area contributed by atoms with E-state index in [4.69, 9.17) is 4.74 Å². The maximum atomic E-state index is 12.8. The second-order valence-electron chi connectivity index (χ2n) is 4.94. The van der Waals surface area contributed by atoms with Gasteiger partial charge < -0.3 is 10.1 Å². The van der Waals surface area contributed by atoms with Gasteiger partial charge in [0.2, 0.25) is 10.0 Å². The summed E-state index contributed by atoms with van der Waals surface area (Å²) in [5.74, 6) is 0. The molecule has 1 saturated heterocycles. The Morgan fingerprint density at radius 2 is 2.30 bits per heavy atom. The number of morpholine rings is 1. The van der Waals surface area contributed by atoms with Crippen LogP contribution in [0.15, 0.2) is 4.90 Å². The van der Waals surface area contributed by atoms with Crippen LogP contribution in [0.2, 0.25) is 0 Å². The van der Waals surface area contributed by atoms with Crippen LogP contribution in [0.3, 0.4) is 0 Å². The van der Waals surface area contributed by atoms with E-state index in [9.17, 15) is 8.42 Å². The number of H-pyrrole nitrogens is 1. The van der Waals surface area contributed by atoms with Crippen LogP contribution >= 0.6 is 0 Å². The summed E-state index contributed by atoms with van der Waals surface area (Å²) in [5.41, 5.74) is 1.12. The molecule has 114 valence electrons. The van der Waals surface area contributed by atoms with Gasteiger partial charge in [-0.15, -0.1) is 0 Å². The molecule has 1 atom stereocenters. The highest BCUT2D eigenvalue weighted by Gasteiger charge is 2.35. The van der Waals surface area contributed by atoms with Crippen molar-refractivity contribution >= 4 is 10.0 Å². The van der Waals surface area contributed by atoms with Gasteiger partial charge in [0, 0.05) is 19.1 Å². The lowest BCUT2D eigenvalue weighted by Gasteiger charge is -2.32. The maximum absolute atomic E-state index is 12.8. The molecule has 0 aliphatic carbocycles. The number of nitrogens with zero attached hydrogens (tertiary/aromatic N) is 2. The summed E-state index contributed by atoms with van der Waals surface area (Å²) in [5, 5.41) is 10.0. The number of aromatic nitrogens is 2. The summed E-state index contributed by atoms with van der Waals surface area (Å²) < 4.78 is 32.5. The van der Waals surface area contributed by atoms with Gasteiger partial charge in [-0.1, -0.05) is 6.92 Å². The van der Waals surface area contributed by atoms with Crippen LogP contribution in [0.4, 0.5) is 0 Å². The highest BCUT2D eigenvalue weighted by atomic mass is 32.2. The monoisotopic (exact) mass is 302 g/mol. The molecular weight excluding hydrogens is 280 g/mol. The molecule has 0 aromatic carbocycles. The highest BCUT2D eigenvalue weighted by molar-refractivity contribution is 7.89. The quantitative estimate of drug-likeness (QED) is 0.813. The van der Waals surface area contributed by atoms with Crippen LogP contribution in [-0.4, -0.2) is 55.3 Å². The first-order valence-electron chi connectivity index (χ1n) is 6.82. The van der Waals surface area contributed by atoms with E-state index in [1.807, 2.05) is 13.8 Å². The van der Waals surface area contributed by atoms with Crippen molar-refractivity contribution in [3.05, 3.63) is 11.4 Å². The topological polar surface area (TPSA) is 87.3 Å². The van der Waals surface area contributed by atoms with E-state index in [0.717, 1.165) is 6.54 Å². The first-order valence-corrected chi connectivity index (χ1v) is 8.26. The molecule has 8 heteroatoms. The fraction of sp³-hybridized carbons (Fsp3) is 0.750. The van der Waals surface area contributed by atoms with Crippen molar-refractivity contribution < 1.29 is 13.2 Å². The molecule has 0 saturated carbocycles. The predicted molar refractivity (Wildman–Crippen MR) is 74.9 cm³/mol. The van der Waals surface area contributed by atoms with Crippen LogP contribution in [0.5, 0.6) is 0 Å². The fourth-order valence-corrected chi connectivity index (χ4v) is 4.29. The van der Waals surface area contributed by atoms with Gasteiger partial charge in [-0.05, 0) is 20.4 Å². The Morgan fingerprint density at radius 1 is 1.55 bits per heavy atom. The standard InChI is InChI=1S/C12H22N4O3S/c1-4-13-7-11-12(10(3)14-15-11)20(17,18)16-5-6-19-8-9(16)2/h9,13H,4-8H2,1-3H3,(H,14,15). The lowest BCUT2D eigenvalue weighted by atomic mass is 10.3. The number of ether oxygens (including phenoxy) is 1. The molecule has 2 heterocycles. The van der Waals surface area contributed by atoms with Crippen molar-refractivity contribution in [3.63, 3.8) is 0 Å². The molecular formula is C12H22N4O3S. The smallest absolute Gasteiger partial charge is 0.247 e. The summed E-state index contributed by atoms with van der Waals surface area (Å²) in [7, 11) is -3.54. The van der Waals surface area contributed by atoms with Gasteiger partial charge in [0.15, 0.2) is 0 Å². The largest absolute Gasteiger partial charge is 0.378 e. The molecule has 1 aliphatic rings. The van der Waals surface area contributed by atoms with Gasteiger partial charge in [-0.3, -0.25) is 5.10 Å². The van der Waals surface area contributed by atoms with E-state index in [0.29, 0.717) is 42.6 Å². The van der Waals surface area contributed by atoms with E-state index in [2.05, 4.69) is 15.5 Å². The Balaban J connectivity index is 2.35. The van der Waals surface area contributed by atoms with Crippen LogP contribution in [0.25, 0.3) is 0 Å². The highest BCUT2D eigenvalue weighted by Crippen LogP contribution is 2.25. The van der Waals surface area contributed by atoms with Crippen molar-refractivity contribution in [2.75, 3.05) is 26.3 Å². The molecule has 0 spiro atoms. The number of hydrogen-bond donors (Lipinski definition) is 2. The average molecular weight is 302 g/mol. The number of aryl methyl sites for hydroxylation is 1. The molecule has 1 aliphatic heterocycles. The van der Waals surface area contributed by atoms with Gasteiger partial charge in [0.05, 0.1) is 24.6 Å². The number of nitrogens with one attached hydrogen (secondary N) is 2. The summed E-state index contributed by atoms with van der Waals surface area (Å²) in [6.45, 7) is 8.01. The molecule has 1 aromatic heterocycles. The molecule has 2 N–H and O–H groups in total. The molecule has 1 aromatic rings. The van der Waals surface area contributed by atoms with Crippen LogP contribution < -0.4 is 5.32 Å². The normalized spacial score (nSPS) is 21.2. The lowest BCUT2D eigenvalue weighted by Crippen LogP contribution is -2.47. The average Bonchev–Trinajstić information content (AvgIpc) is 2.78. The molecule has 0 bridgehead atoms. The Labute approximate surface area is 119 Å². The van der Waals surface area contributed by atoms with Crippen LogP contribution in [0, 0.1) is 6.92 Å². The predicted octanol–water partition coefficient (Wildman–Crippen LogP) is 0.237. The summed E-state index contributed by atoms with van der Waals surface area (Å²) in [4.78, 5) is 0.298. The minimum atomic E-state index is -3.54. The van der Waals surface area contributed by atoms with Crippen molar-refractivity contribution in [2.45, 2.75) is 38.3 Å². The second-order valence-corrected chi connectivity index (χ2v) is 6.77. The third kappa shape index (κ3) is 2.88. The molecule has 20 heavy (non-hydrogen) atoms. The minimum absolute atomic E-state index is 0.157. The first kappa shape index (κ1) is 15.4. The number of hydrogen-bond acceptors (Lipinski definition) is 5. The zero-order valence-corrected chi connectivity index (χ0v) is 13.0. The van der Waals surface area contributed by atoms with Crippen molar-refractivity contribution in [2.24, 2.45) is 0 Å². The van der Waals surface area contributed by atoms with Crippen LogP contribution in [0.1, 0.15) is 25.2 Å². The second kappa shape index (κ2) is 6.21. The van der Waals surface area contributed by atoms with E-state index >= 15 is 0 Å². The maximum Gasteiger partial charge on any atom is 0.247 e. The molecule has 1 unspecified atom stereocenters. The Morgan fingerprint density at radius 3 is 2.95 bits per heavy atom.